The number of nitrogens with zero attached hydrogens (tertiary/aromatic N) is 2. The number of aryl methyl sites for hydroxylation is 1. The lowest BCUT2D eigenvalue weighted by Crippen LogP contribution is -2.57. The molecule has 0 saturated heterocycles. The first-order chi connectivity index (χ1) is 9.48. The summed E-state index contributed by atoms with van der Waals surface area (Å²) in [4.78, 5) is 8.88. The summed E-state index contributed by atoms with van der Waals surface area (Å²) in [6.45, 7) is 9.51. The zero-order chi connectivity index (χ0) is 14.8. The highest BCUT2D eigenvalue weighted by Gasteiger charge is 2.48. The Kier molecular flexibility index (Phi) is 4.48. The summed E-state index contributed by atoms with van der Waals surface area (Å²) in [6.07, 6.45) is 4.27. The number of aromatic nitrogens is 2. The second-order valence-corrected chi connectivity index (χ2v) is 6.13. The molecule has 2 unspecified atom stereocenters. The number of methoxy groups -OCH3 is 1. The molecule has 1 aliphatic carbocycles. The lowest BCUT2D eigenvalue weighted by molar-refractivity contribution is -0.0795. The average Bonchev–Trinajstić information content (AvgIpc) is 2.43. The third kappa shape index (κ3) is 2.87. The number of rotatable bonds is 6. The predicted molar refractivity (Wildman–Crippen MR) is 82.2 cm³/mol. The van der Waals surface area contributed by atoms with E-state index in [4.69, 9.17) is 4.74 Å². The summed E-state index contributed by atoms with van der Waals surface area (Å²) in [5, 5.41) is 6.77. The van der Waals surface area contributed by atoms with Gasteiger partial charge in [0.05, 0.1) is 6.10 Å². The first-order valence-electron chi connectivity index (χ1n) is 7.35. The van der Waals surface area contributed by atoms with E-state index in [0.717, 1.165) is 30.8 Å². The van der Waals surface area contributed by atoms with Gasteiger partial charge in [0, 0.05) is 36.9 Å². The van der Waals surface area contributed by atoms with Crippen molar-refractivity contribution in [2.24, 2.45) is 5.41 Å². The fourth-order valence-corrected chi connectivity index (χ4v) is 2.61. The summed E-state index contributed by atoms with van der Waals surface area (Å²) in [6, 6.07) is 0.389. The quantitative estimate of drug-likeness (QED) is 0.838. The van der Waals surface area contributed by atoms with E-state index in [2.05, 4.69) is 41.4 Å². The van der Waals surface area contributed by atoms with E-state index in [1.165, 1.54) is 0 Å². The van der Waals surface area contributed by atoms with Crippen LogP contribution in [0, 0.1) is 12.3 Å². The van der Waals surface area contributed by atoms with Gasteiger partial charge in [-0.05, 0) is 19.8 Å². The minimum absolute atomic E-state index is 0.128. The molecule has 20 heavy (non-hydrogen) atoms. The van der Waals surface area contributed by atoms with Gasteiger partial charge in [-0.15, -0.1) is 0 Å². The van der Waals surface area contributed by atoms with Gasteiger partial charge in [-0.2, -0.15) is 4.98 Å². The Morgan fingerprint density at radius 3 is 2.80 bits per heavy atom. The largest absolute Gasteiger partial charge is 0.381 e. The number of anilines is 2. The Morgan fingerprint density at radius 1 is 1.45 bits per heavy atom. The summed E-state index contributed by atoms with van der Waals surface area (Å²) in [7, 11) is 1.78. The monoisotopic (exact) mass is 278 g/mol. The molecule has 2 atom stereocenters. The van der Waals surface area contributed by atoms with Crippen molar-refractivity contribution >= 4 is 11.8 Å². The molecule has 0 amide bonds. The van der Waals surface area contributed by atoms with Gasteiger partial charge in [0.2, 0.25) is 5.95 Å². The minimum atomic E-state index is 0.128. The lowest BCUT2D eigenvalue weighted by Gasteiger charge is -2.51. The fourth-order valence-electron chi connectivity index (χ4n) is 2.61. The minimum Gasteiger partial charge on any atom is -0.381 e. The van der Waals surface area contributed by atoms with Gasteiger partial charge in [-0.3, -0.25) is 0 Å². The number of hydrogen-bond acceptors (Lipinski definition) is 5. The standard InChI is InChI=1S/C15H26N4O/c1-6-7-16-14-17-9-10(2)13(19-14)18-11-8-12(20-5)15(11,3)4/h9,11-12H,6-8H2,1-5H3,(H2,16,17,18,19). The number of nitrogens with one attached hydrogen (secondary N) is 2. The molecule has 1 aromatic heterocycles. The zero-order valence-corrected chi connectivity index (χ0v) is 13.2. The van der Waals surface area contributed by atoms with Gasteiger partial charge < -0.3 is 15.4 Å². The molecule has 5 nitrogen and oxygen atoms in total. The topological polar surface area (TPSA) is 59.1 Å². The molecule has 0 aromatic carbocycles. The van der Waals surface area contributed by atoms with Crippen molar-refractivity contribution in [2.75, 3.05) is 24.3 Å². The van der Waals surface area contributed by atoms with Crippen LogP contribution in [0.15, 0.2) is 6.20 Å². The first kappa shape index (κ1) is 15.0. The van der Waals surface area contributed by atoms with Crippen molar-refractivity contribution < 1.29 is 4.74 Å². The highest BCUT2D eigenvalue weighted by Crippen LogP contribution is 2.44. The van der Waals surface area contributed by atoms with E-state index in [9.17, 15) is 0 Å². The van der Waals surface area contributed by atoms with Crippen LogP contribution >= 0.6 is 0 Å². The molecule has 112 valence electrons. The first-order valence-corrected chi connectivity index (χ1v) is 7.35. The normalized spacial score (nSPS) is 24.1. The summed E-state index contributed by atoms with van der Waals surface area (Å²) < 4.78 is 5.49. The number of ether oxygens (including phenoxy) is 1. The molecule has 0 bridgehead atoms. The van der Waals surface area contributed by atoms with Crippen molar-refractivity contribution in [1.82, 2.24) is 9.97 Å². The van der Waals surface area contributed by atoms with E-state index in [1.807, 2.05) is 13.1 Å². The Bertz CT molecular complexity index is 461. The molecular weight excluding hydrogens is 252 g/mol. The van der Waals surface area contributed by atoms with Crippen LogP contribution in [0.1, 0.15) is 39.2 Å². The van der Waals surface area contributed by atoms with Crippen molar-refractivity contribution in [3.63, 3.8) is 0 Å². The van der Waals surface area contributed by atoms with E-state index in [0.29, 0.717) is 18.1 Å². The van der Waals surface area contributed by atoms with Crippen LogP contribution in [-0.4, -0.2) is 35.8 Å². The van der Waals surface area contributed by atoms with E-state index < -0.39 is 0 Å². The summed E-state index contributed by atoms with van der Waals surface area (Å²) in [5.74, 6) is 1.62. The van der Waals surface area contributed by atoms with Gasteiger partial charge in [-0.1, -0.05) is 20.8 Å². The smallest absolute Gasteiger partial charge is 0.224 e. The van der Waals surface area contributed by atoms with Gasteiger partial charge in [0.15, 0.2) is 0 Å². The second kappa shape index (κ2) is 5.95. The maximum Gasteiger partial charge on any atom is 0.224 e. The average molecular weight is 278 g/mol. The predicted octanol–water partition coefficient (Wildman–Crippen LogP) is 2.83. The molecule has 1 aliphatic rings. The van der Waals surface area contributed by atoms with Crippen LogP contribution < -0.4 is 10.6 Å². The van der Waals surface area contributed by atoms with E-state index in [1.54, 1.807) is 7.11 Å². The van der Waals surface area contributed by atoms with Crippen molar-refractivity contribution in [3.05, 3.63) is 11.8 Å². The van der Waals surface area contributed by atoms with Crippen LogP contribution in [0.4, 0.5) is 11.8 Å². The van der Waals surface area contributed by atoms with Crippen LogP contribution in [-0.2, 0) is 4.74 Å². The van der Waals surface area contributed by atoms with Crippen molar-refractivity contribution in [1.29, 1.82) is 0 Å². The highest BCUT2D eigenvalue weighted by atomic mass is 16.5. The molecular formula is C15H26N4O. The third-order valence-corrected chi connectivity index (χ3v) is 4.28. The second-order valence-electron chi connectivity index (χ2n) is 6.13. The van der Waals surface area contributed by atoms with Crippen LogP contribution in [0.2, 0.25) is 0 Å². The molecule has 1 fully saturated rings. The van der Waals surface area contributed by atoms with Crippen molar-refractivity contribution in [3.8, 4) is 0 Å². The summed E-state index contributed by atoms with van der Waals surface area (Å²) >= 11 is 0. The lowest BCUT2D eigenvalue weighted by atomic mass is 9.64. The Morgan fingerprint density at radius 2 is 2.20 bits per heavy atom. The molecule has 0 spiro atoms. The molecule has 0 aliphatic heterocycles. The van der Waals surface area contributed by atoms with Crippen LogP contribution in [0.25, 0.3) is 0 Å². The fraction of sp³-hybridized carbons (Fsp3) is 0.733. The third-order valence-electron chi connectivity index (χ3n) is 4.28. The Balaban J connectivity index is 2.06. The van der Waals surface area contributed by atoms with Gasteiger partial charge >= 0.3 is 0 Å². The number of hydrogen-bond donors (Lipinski definition) is 2. The summed E-state index contributed by atoms with van der Waals surface area (Å²) in [5.41, 5.74) is 1.20. The molecule has 2 rings (SSSR count). The Hall–Kier alpha value is -1.36. The molecule has 5 heteroatoms. The molecule has 1 saturated carbocycles. The molecule has 0 radical (unpaired) electrons. The van der Waals surface area contributed by atoms with E-state index >= 15 is 0 Å². The SMILES string of the molecule is CCCNc1ncc(C)c(NC2CC(OC)C2(C)C)n1. The maximum absolute atomic E-state index is 5.49. The van der Waals surface area contributed by atoms with Crippen LogP contribution in [0.5, 0.6) is 0 Å². The highest BCUT2D eigenvalue weighted by molar-refractivity contribution is 5.48. The molecule has 2 N–H and O–H groups in total. The molecule has 1 aromatic rings. The zero-order valence-electron chi connectivity index (χ0n) is 13.2. The van der Waals surface area contributed by atoms with Gasteiger partial charge in [0.1, 0.15) is 5.82 Å². The maximum atomic E-state index is 5.49. The van der Waals surface area contributed by atoms with Crippen molar-refractivity contribution in [2.45, 2.75) is 52.7 Å². The van der Waals surface area contributed by atoms with Gasteiger partial charge in [0.25, 0.3) is 0 Å². The van der Waals surface area contributed by atoms with E-state index in [-0.39, 0.29) is 5.41 Å². The molecule has 1 heterocycles. The Labute approximate surface area is 121 Å². The van der Waals surface area contributed by atoms with Crippen LogP contribution in [0.3, 0.4) is 0 Å². The van der Waals surface area contributed by atoms with Gasteiger partial charge in [-0.25, -0.2) is 4.98 Å².